The molecule has 0 aromatic heterocycles. The quantitative estimate of drug-likeness (QED) is 0.257. The number of aryl methyl sites for hydroxylation is 1. The number of benzene rings is 3. The van der Waals surface area contributed by atoms with Gasteiger partial charge in [-0.1, -0.05) is 67.9 Å². The number of carbonyl (C=O) groups is 2. The average Bonchev–Trinajstić information content (AvgIpc) is 2.93. The number of nitrogens with one attached hydrogen (secondary N) is 1. The number of anilines is 1. The van der Waals surface area contributed by atoms with Crippen LogP contribution in [0.5, 0.6) is 0 Å². The molecule has 2 amide bonds. The van der Waals surface area contributed by atoms with Gasteiger partial charge in [-0.2, -0.15) is 0 Å². The Morgan fingerprint density at radius 2 is 1.62 bits per heavy atom. The fourth-order valence-electron chi connectivity index (χ4n) is 4.05. The maximum Gasteiger partial charge on any atom is 0.271 e. The molecule has 10 nitrogen and oxygen atoms in total. The van der Waals surface area contributed by atoms with E-state index in [4.69, 9.17) is 0 Å². The maximum atomic E-state index is 13.9. The number of nitrogens with zero attached hydrogens (tertiary/aromatic N) is 3. The molecule has 0 aliphatic carbocycles. The summed E-state index contributed by atoms with van der Waals surface area (Å²) in [5.41, 5.74) is 1.37. The standard InChI is InChI=1S/C29H34N4O6S/c1-21(2)18-30-29(35)23(4)31(19-24-11-8-10-22(3)16-24)28(34)20-32(25-12-9-13-26(17-25)33(36)37)40(38,39)27-14-6-5-7-15-27/h5-17,21,23H,18-20H2,1-4H3,(H,30,35)/t23-/m0/s1. The maximum absolute atomic E-state index is 13.9. The highest BCUT2D eigenvalue weighted by Gasteiger charge is 2.33. The Bertz CT molecular complexity index is 1460. The molecular weight excluding hydrogens is 532 g/mol. The lowest BCUT2D eigenvalue weighted by Crippen LogP contribution is -2.51. The molecule has 0 spiro atoms. The van der Waals surface area contributed by atoms with Gasteiger partial charge >= 0.3 is 0 Å². The van der Waals surface area contributed by atoms with Crippen LogP contribution in [0, 0.1) is 23.0 Å². The van der Waals surface area contributed by atoms with Crippen LogP contribution in [-0.2, 0) is 26.2 Å². The first-order chi connectivity index (χ1) is 18.9. The van der Waals surface area contributed by atoms with E-state index < -0.39 is 33.4 Å². The van der Waals surface area contributed by atoms with Crippen molar-refractivity contribution < 1.29 is 22.9 Å². The van der Waals surface area contributed by atoms with Gasteiger partial charge in [0.05, 0.1) is 15.5 Å². The molecule has 1 N–H and O–H groups in total. The van der Waals surface area contributed by atoms with Crippen LogP contribution in [-0.4, -0.2) is 49.2 Å². The van der Waals surface area contributed by atoms with E-state index in [0.29, 0.717) is 6.54 Å². The van der Waals surface area contributed by atoms with Crippen LogP contribution >= 0.6 is 0 Å². The monoisotopic (exact) mass is 566 g/mol. The van der Waals surface area contributed by atoms with Crippen molar-refractivity contribution in [1.29, 1.82) is 0 Å². The first-order valence-electron chi connectivity index (χ1n) is 12.8. The zero-order chi connectivity index (χ0) is 29.4. The Labute approximate surface area is 234 Å². The van der Waals surface area contributed by atoms with Crippen molar-refractivity contribution in [2.75, 3.05) is 17.4 Å². The van der Waals surface area contributed by atoms with Crippen molar-refractivity contribution in [2.45, 2.75) is 45.2 Å². The summed E-state index contributed by atoms with van der Waals surface area (Å²) in [5.74, 6) is -0.820. The molecule has 3 rings (SSSR count). The van der Waals surface area contributed by atoms with Gasteiger partial charge in [-0.05, 0) is 43.5 Å². The van der Waals surface area contributed by atoms with Gasteiger partial charge in [0.1, 0.15) is 12.6 Å². The molecule has 0 bridgehead atoms. The van der Waals surface area contributed by atoms with Gasteiger partial charge in [-0.3, -0.25) is 24.0 Å². The predicted molar refractivity (Wildman–Crippen MR) is 153 cm³/mol. The van der Waals surface area contributed by atoms with Crippen LogP contribution < -0.4 is 9.62 Å². The van der Waals surface area contributed by atoms with Gasteiger partial charge in [0.25, 0.3) is 15.7 Å². The molecule has 11 heteroatoms. The lowest BCUT2D eigenvalue weighted by molar-refractivity contribution is -0.384. The molecular formula is C29H34N4O6S. The first kappa shape index (κ1) is 30.3. The minimum atomic E-state index is -4.31. The van der Waals surface area contributed by atoms with Gasteiger partial charge in [-0.25, -0.2) is 8.42 Å². The van der Waals surface area contributed by atoms with Gasteiger partial charge in [0.2, 0.25) is 11.8 Å². The molecule has 0 heterocycles. The number of non-ortho nitro benzene ring substituents is 1. The second kappa shape index (κ2) is 13.2. The fraction of sp³-hybridized carbons (Fsp3) is 0.310. The summed E-state index contributed by atoms with van der Waals surface area (Å²) in [6, 6.07) is 19.2. The number of sulfonamides is 1. The number of nitro benzene ring substituents is 1. The number of nitro groups is 1. The highest BCUT2D eigenvalue weighted by Crippen LogP contribution is 2.27. The summed E-state index contributed by atoms with van der Waals surface area (Å²) < 4.78 is 28.4. The number of hydrogen-bond acceptors (Lipinski definition) is 6. The largest absolute Gasteiger partial charge is 0.354 e. The fourth-order valence-corrected chi connectivity index (χ4v) is 5.48. The Hall–Kier alpha value is -4.25. The number of carbonyl (C=O) groups excluding carboxylic acids is 2. The Morgan fingerprint density at radius 3 is 2.25 bits per heavy atom. The van der Waals surface area contributed by atoms with Crippen molar-refractivity contribution in [2.24, 2.45) is 5.92 Å². The number of hydrogen-bond donors (Lipinski definition) is 1. The van der Waals surface area contributed by atoms with E-state index in [9.17, 15) is 28.1 Å². The van der Waals surface area contributed by atoms with Gasteiger partial charge in [0, 0.05) is 25.2 Å². The SMILES string of the molecule is Cc1cccc(CN(C(=O)CN(c2cccc([N+](=O)[O-])c2)S(=O)(=O)c2ccccc2)[C@@H](C)C(=O)NCC(C)C)c1. The summed E-state index contributed by atoms with van der Waals surface area (Å²) in [5, 5.41) is 14.3. The molecule has 3 aromatic carbocycles. The van der Waals surface area contributed by atoms with E-state index in [2.05, 4.69) is 5.32 Å². The summed E-state index contributed by atoms with van der Waals surface area (Å²) in [6.07, 6.45) is 0. The smallest absolute Gasteiger partial charge is 0.271 e. The Balaban J connectivity index is 2.05. The highest BCUT2D eigenvalue weighted by atomic mass is 32.2. The third-order valence-corrected chi connectivity index (χ3v) is 8.01. The predicted octanol–water partition coefficient (Wildman–Crippen LogP) is 4.29. The molecule has 212 valence electrons. The minimum absolute atomic E-state index is 0.0428. The molecule has 40 heavy (non-hydrogen) atoms. The molecule has 0 aliphatic heterocycles. The third-order valence-electron chi connectivity index (χ3n) is 6.23. The Kier molecular flexibility index (Phi) is 10.0. The lowest BCUT2D eigenvalue weighted by atomic mass is 10.1. The zero-order valence-corrected chi connectivity index (χ0v) is 23.8. The number of rotatable bonds is 12. The molecule has 3 aromatic rings. The van der Waals surface area contributed by atoms with Crippen LogP contribution in [0.4, 0.5) is 11.4 Å². The molecule has 0 fully saturated rings. The second-order valence-electron chi connectivity index (χ2n) is 9.93. The second-order valence-corrected chi connectivity index (χ2v) is 11.8. The van der Waals surface area contributed by atoms with Crippen LogP contribution in [0.3, 0.4) is 0 Å². The van der Waals surface area contributed by atoms with E-state index in [1.54, 1.807) is 25.1 Å². The lowest BCUT2D eigenvalue weighted by Gasteiger charge is -2.32. The third kappa shape index (κ3) is 7.66. The molecule has 0 radical (unpaired) electrons. The van der Waals surface area contributed by atoms with E-state index in [0.717, 1.165) is 21.5 Å². The number of amides is 2. The van der Waals surface area contributed by atoms with Crippen molar-refractivity contribution in [3.63, 3.8) is 0 Å². The zero-order valence-electron chi connectivity index (χ0n) is 23.0. The van der Waals surface area contributed by atoms with E-state index in [-0.39, 0.29) is 34.6 Å². The van der Waals surface area contributed by atoms with Crippen LogP contribution in [0.1, 0.15) is 31.9 Å². The highest BCUT2D eigenvalue weighted by molar-refractivity contribution is 7.92. The van der Waals surface area contributed by atoms with Crippen LogP contribution in [0.25, 0.3) is 0 Å². The van der Waals surface area contributed by atoms with Gasteiger partial charge in [-0.15, -0.1) is 0 Å². The molecule has 0 aliphatic rings. The normalized spacial score (nSPS) is 12.0. The van der Waals surface area contributed by atoms with Gasteiger partial charge in [0.15, 0.2) is 0 Å². The summed E-state index contributed by atoms with van der Waals surface area (Å²) >= 11 is 0. The summed E-state index contributed by atoms with van der Waals surface area (Å²) in [6.45, 7) is 7.20. The van der Waals surface area contributed by atoms with E-state index >= 15 is 0 Å². The molecule has 0 unspecified atom stereocenters. The minimum Gasteiger partial charge on any atom is -0.354 e. The van der Waals surface area contributed by atoms with Crippen LogP contribution in [0.15, 0.2) is 83.8 Å². The summed E-state index contributed by atoms with van der Waals surface area (Å²) in [4.78, 5) is 39.0. The van der Waals surface area contributed by atoms with Crippen molar-refractivity contribution in [1.82, 2.24) is 10.2 Å². The van der Waals surface area contributed by atoms with Crippen molar-refractivity contribution in [3.05, 3.63) is 100 Å². The summed E-state index contributed by atoms with van der Waals surface area (Å²) in [7, 11) is -4.31. The van der Waals surface area contributed by atoms with Crippen LogP contribution in [0.2, 0.25) is 0 Å². The first-order valence-corrected chi connectivity index (χ1v) is 14.3. The molecule has 1 atom stereocenters. The van der Waals surface area contributed by atoms with Crippen molar-refractivity contribution in [3.8, 4) is 0 Å². The average molecular weight is 567 g/mol. The van der Waals surface area contributed by atoms with Crippen molar-refractivity contribution >= 4 is 33.2 Å². The van der Waals surface area contributed by atoms with Gasteiger partial charge < -0.3 is 10.2 Å². The molecule has 0 saturated heterocycles. The molecule has 0 saturated carbocycles. The van der Waals surface area contributed by atoms with E-state index in [1.807, 2.05) is 45.0 Å². The van der Waals surface area contributed by atoms with E-state index in [1.165, 1.54) is 35.2 Å². The Morgan fingerprint density at radius 1 is 0.950 bits per heavy atom. The topological polar surface area (TPSA) is 130 Å².